The Morgan fingerprint density at radius 3 is 2.67 bits per heavy atom. The van der Waals surface area contributed by atoms with Crippen molar-refractivity contribution in [1.82, 2.24) is 14.7 Å². The number of benzene rings is 2. The lowest BCUT2D eigenvalue weighted by Crippen LogP contribution is -2.26. The minimum atomic E-state index is -4.01. The first kappa shape index (κ1) is 23.1. The number of aromatic nitrogens is 2. The molecule has 1 aromatic heterocycles. The summed E-state index contributed by atoms with van der Waals surface area (Å²) in [7, 11) is -4.01. The number of aryl methyl sites for hydroxylation is 1. The first-order valence-electron chi connectivity index (χ1n) is 10.8. The van der Waals surface area contributed by atoms with Crippen LogP contribution in [-0.2, 0) is 23.0 Å². The average Bonchev–Trinajstić information content (AvgIpc) is 3.53. The summed E-state index contributed by atoms with van der Waals surface area (Å²) < 4.78 is 39.8. The summed E-state index contributed by atoms with van der Waals surface area (Å²) in [5, 5.41) is 18.8. The first-order valence-corrected chi connectivity index (χ1v) is 12.4. The van der Waals surface area contributed by atoms with Gasteiger partial charge in [-0.2, -0.15) is 10.4 Å². The molecule has 1 saturated carbocycles. The quantitative estimate of drug-likeness (QED) is 0.519. The molecule has 2 aromatic carbocycles. The third-order valence-corrected chi connectivity index (χ3v) is 6.63. The minimum absolute atomic E-state index is 0.159. The Kier molecular flexibility index (Phi) is 6.61. The van der Waals surface area contributed by atoms with Crippen LogP contribution < -0.4 is 5.14 Å². The molecule has 1 fully saturated rings. The third-order valence-electron chi connectivity index (χ3n) is 5.72. The van der Waals surface area contributed by atoms with Crippen molar-refractivity contribution in [2.24, 2.45) is 5.14 Å². The van der Waals surface area contributed by atoms with E-state index in [9.17, 15) is 12.8 Å². The van der Waals surface area contributed by atoms with Crippen molar-refractivity contribution in [3.05, 3.63) is 76.9 Å². The molecular formula is C24H26FN5O2S. The molecule has 4 rings (SSSR count). The van der Waals surface area contributed by atoms with Crippen molar-refractivity contribution in [3.63, 3.8) is 0 Å². The zero-order valence-corrected chi connectivity index (χ0v) is 19.2. The Labute approximate surface area is 193 Å². The summed E-state index contributed by atoms with van der Waals surface area (Å²) in [5.41, 5.74) is 3.91. The molecular weight excluding hydrogens is 441 g/mol. The van der Waals surface area contributed by atoms with Crippen molar-refractivity contribution in [2.75, 3.05) is 6.54 Å². The maximum Gasteiger partial charge on any atom is 0.238 e. The molecule has 0 saturated heterocycles. The summed E-state index contributed by atoms with van der Waals surface area (Å²) in [6.45, 7) is 3.25. The van der Waals surface area contributed by atoms with Crippen LogP contribution in [0.4, 0.5) is 4.39 Å². The molecule has 1 aliphatic rings. The zero-order valence-electron chi connectivity index (χ0n) is 18.4. The highest BCUT2D eigenvalue weighted by Gasteiger charge is 2.29. The second kappa shape index (κ2) is 9.43. The molecule has 0 radical (unpaired) electrons. The molecule has 9 heteroatoms. The summed E-state index contributed by atoms with van der Waals surface area (Å²) in [5.74, 6) is -0.717. The lowest BCUT2D eigenvalue weighted by atomic mass is 10.1. The predicted molar refractivity (Wildman–Crippen MR) is 123 cm³/mol. The van der Waals surface area contributed by atoms with Gasteiger partial charge in [0.1, 0.15) is 11.5 Å². The van der Waals surface area contributed by atoms with Crippen LogP contribution in [0.2, 0.25) is 0 Å². The second-order valence-electron chi connectivity index (χ2n) is 8.47. The van der Waals surface area contributed by atoms with E-state index in [1.165, 1.54) is 16.8 Å². The number of sulfonamides is 1. The standard InChI is InChI=1S/C24H26FN5O2S/c1-17-4-2-5-18(12-17)13-21-14-19(16-29(11-3-10-26)20-6-7-20)28-30(21)24-9-8-22(15-23(24)25)33(27,31)32/h2,4-5,8-9,12,14-15,20H,3,6-7,11,13,16H2,1H3,(H2,27,31,32). The molecule has 1 heterocycles. The van der Waals surface area contributed by atoms with Gasteiger partial charge in [-0.1, -0.05) is 29.8 Å². The van der Waals surface area contributed by atoms with Gasteiger partial charge < -0.3 is 0 Å². The number of nitrogens with zero attached hydrogens (tertiary/aromatic N) is 4. The van der Waals surface area contributed by atoms with Crippen molar-refractivity contribution >= 4 is 10.0 Å². The number of nitriles is 1. The third kappa shape index (κ3) is 5.66. The van der Waals surface area contributed by atoms with Crippen molar-refractivity contribution in [1.29, 1.82) is 5.26 Å². The van der Waals surface area contributed by atoms with E-state index < -0.39 is 15.8 Å². The maximum atomic E-state index is 15.0. The Morgan fingerprint density at radius 2 is 2.03 bits per heavy atom. The number of hydrogen-bond acceptors (Lipinski definition) is 5. The lowest BCUT2D eigenvalue weighted by molar-refractivity contribution is 0.257. The minimum Gasteiger partial charge on any atom is -0.293 e. The zero-order chi connectivity index (χ0) is 23.6. The highest BCUT2D eigenvalue weighted by Crippen LogP contribution is 2.29. The molecule has 0 bridgehead atoms. The molecule has 2 N–H and O–H groups in total. The topological polar surface area (TPSA) is 105 Å². The smallest absolute Gasteiger partial charge is 0.238 e. The fourth-order valence-electron chi connectivity index (χ4n) is 3.99. The Morgan fingerprint density at radius 1 is 1.24 bits per heavy atom. The van der Waals surface area contributed by atoms with E-state index in [2.05, 4.69) is 22.1 Å². The van der Waals surface area contributed by atoms with Crippen molar-refractivity contribution < 1.29 is 12.8 Å². The van der Waals surface area contributed by atoms with Crippen LogP contribution in [0.3, 0.4) is 0 Å². The van der Waals surface area contributed by atoms with Crippen LogP contribution in [0.25, 0.3) is 5.69 Å². The Bertz CT molecular complexity index is 1310. The Hall–Kier alpha value is -3.06. The first-order chi connectivity index (χ1) is 15.7. The highest BCUT2D eigenvalue weighted by molar-refractivity contribution is 7.89. The van der Waals surface area contributed by atoms with Crippen LogP contribution >= 0.6 is 0 Å². The van der Waals surface area contributed by atoms with E-state index in [4.69, 9.17) is 10.4 Å². The summed E-state index contributed by atoms with van der Waals surface area (Å²) >= 11 is 0. The van der Waals surface area contributed by atoms with E-state index in [0.29, 0.717) is 32.0 Å². The molecule has 0 unspecified atom stereocenters. The molecule has 3 aromatic rings. The molecule has 1 aliphatic carbocycles. The van der Waals surface area contributed by atoms with E-state index in [1.54, 1.807) is 0 Å². The number of halogens is 1. The van der Waals surface area contributed by atoms with Gasteiger partial charge in [0.15, 0.2) is 0 Å². The molecule has 172 valence electrons. The average molecular weight is 468 g/mol. The fraction of sp³-hybridized carbons (Fsp3) is 0.333. The van der Waals surface area contributed by atoms with E-state index >= 15 is 0 Å². The van der Waals surface area contributed by atoms with Crippen molar-refractivity contribution in [3.8, 4) is 11.8 Å². The Balaban J connectivity index is 1.72. The van der Waals surface area contributed by atoms with Gasteiger partial charge in [0.05, 0.1) is 16.7 Å². The fourth-order valence-corrected chi connectivity index (χ4v) is 4.51. The van der Waals surface area contributed by atoms with Crippen molar-refractivity contribution in [2.45, 2.75) is 50.1 Å². The van der Waals surface area contributed by atoms with E-state index in [1.807, 2.05) is 31.2 Å². The van der Waals surface area contributed by atoms with Crippen LogP contribution in [0, 0.1) is 24.1 Å². The highest BCUT2D eigenvalue weighted by atomic mass is 32.2. The summed E-state index contributed by atoms with van der Waals surface area (Å²) in [4.78, 5) is 1.96. The number of primary sulfonamides is 1. The lowest BCUT2D eigenvalue weighted by Gasteiger charge is -2.19. The van der Waals surface area contributed by atoms with Gasteiger partial charge in [-0.3, -0.25) is 4.90 Å². The number of nitrogens with two attached hydrogens (primary N) is 1. The normalized spacial score (nSPS) is 13.9. The van der Waals surface area contributed by atoms with Crippen LogP contribution in [-0.4, -0.2) is 35.7 Å². The van der Waals surface area contributed by atoms with E-state index in [0.717, 1.165) is 41.4 Å². The molecule has 0 aliphatic heterocycles. The van der Waals surface area contributed by atoms with Crippen LogP contribution in [0.1, 0.15) is 41.8 Å². The SMILES string of the molecule is Cc1cccc(Cc2cc(CN(CCC#N)C3CC3)nn2-c2ccc(S(N)(=O)=O)cc2F)c1. The van der Waals surface area contributed by atoms with Gasteiger partial charge in [-0.15, -0.1) is 0 Å². The monoisotopic (exact) mass is 467 g/mol. The number of hydrogen-bond donors (Lipinski definition) is 1. The van der Waals surface area contributed by atoms with Crippen LogP contribution in [0.15, 0.2) is 53.4 Å². The summed E-state index contributed by atoms with van der Waals surface area (Å²) in [6, 6.07) is 16.3. The van der Waals surface area contributed by atoms with Gasteiger partial charge in [0.25, 0.3) is 0 Å². The predicted octanol–water partition coefficient (Wildman–Crippen LogP) is 3.44. The molecule has 0 amide bonds. The largest absolute Gasteiger partial charge is 0.293 e. The van der Waals surface area contributed by atoms with Gasteiger partial charge in [-0.05, 0) is 49.6 Å². The molecule has 0 atom stereocenters. The van der Waals surface area contributed by atoms with Gasteiger partial charge >= 0.3 is 0 Å². The van der Waals surface area contributed by atoms with Crippen LogP contribution in [0.5, 0.6) is 0 Å². The number of rotatable bonds is 9. The maximum absolute atomic E-state index is 15.0. The molecule has 0 spiro atoms. The van der Waals surface area contributed by atoms with Gasteiger partial charge in [-0.25, -0.2) is 22.6 Å². The second-order valence-corrected chi connectivity index (χ2v) is 10.0. The summed E-state index contributed by atoms with van der Waals surface area (Å²) in [6.07, 6.45) is 3.18. The van der Waals surface area contributed by atoms with E-state index in [-0.39, 0.29) is 10.6 Å². The van der Waals surface area contributed by atoms with Gasteiger partial charge in [0, 0.05) is 37.7 Å². The molecule has 33 heavy (non-hydrogen) atoms. The molecule has 7 nitrogen and oxygen atoms in total. The van der Waals surface area contributed by atoms with Gasteiger partial charge in [0.2, 0.25) is 10.0 Å².